The summed E-state index contributed by atoms with van der Waals surface area (Å²) in [6.07, 6.45) is 0. The van der Waals surface area contributed by atoms with Gasteiger partial charge in [-0.3, -0.25) is 0 Å². The Balaban J connectivity index is 2.41. The molecule has 0 radical (unpaired) electrons. The summed E-state index contributed by atoms with van der Waals surface area (Å²) >= 11 is -1.19. The Bertz CT molecular complexity index is 222. The molecule has 0 amide bonds. The van der Waals surface area contributed by atoms with E-state index in [-0.39, 0.29) is 6.54 Å². The lowest BCUT2D eigenvalue weighted by Gasteiger charge is -2.27. The van der Waals surface area contributed by atoms with Crippen LogP contribution in [0.4, 0.5) is 0 Å². The van der Waals surface area contributed by atoms with Gasteiger partial charge >= 0.3 is 0 Å². The molecule has 1 unspecified atom stereocenters. The fraction of sp³-hybridized carbons (Fsp3) is 0.857. The maximum absolute atomic E-state index is 11.6. The van der Waals surface area contributed by atoms with E-state index in [9.17, 15) is 4.21 Å². The van der Waals surface area contributed by atoms with Crippen LogP contribution in [0.3, 0.4) is 0 Å². The molecule has 0 aromatic heterocycles. The Morgan fingerprint density at radius 3 is 2.77 bits per heavy atom. The molecule has 0 spiro atoms. The normalized spacial score (nSPS) is 21.3. The number of nitrogens with zero attached hydrogens (tertiary/aromatic N) is 3. The van der Waals surface area contributed by atoms with E-state index in [0.717, 1.165) is 0 Å². The van der Waals surface area contributed by atoms with Crippen LogP contribution in [0.2, 0.25) is 0 Å². The van der Waals surface area contributed by atoms with Gasteiger partial charge in [-0.1, -0.05) is 0 Å². The molecule has 0 aromatic rings. The van der Waals surface area contributed by atoms with Crippen LogP contribution in [0, 0.1) is 11.3 Å². The van der Waals surface area contributed by atoms with Gasteiger partial charge in [0.25, 0.3) is 0 Å². The molecule has 0 aliphatic carbocycles. The molecule has 13 heavy (non-hydrogen) atoms. The van der Waals surface area contributed by atoms with Crippen molar-refractivity contribution in [3.05, 3.63) is 0 Å². The van der Waals surface area contributed by atoms with Crippen molar-refractivity contribution in [3.8, 4) is 6.07 Å². The molecule has 6 heteroatoms. The van der Waals surface area contributed by atoms with Crippen LogP contribution >= 0.6 is 0 Å². The van der Waals surface area contributed by atoms with Crippen molar-refractivity contribution in [1.29, 1.82) is 5.26 Å². The molecular formula is C7H13N3O2S. The standard InChI is InChI=1S/C7H13N3O2S/c1-9(3-2-8)13(11)10-4-6-12-7-5-10/h3-7H2,1H3. The van der Waals surface area contributed by atoms with Gasteiger partial charge < -0.3 is 4.74 Å². The molecule has 74 valence electrons. The van der Waals surface area contributed by atoms with E-state index in [1.165, 1.54) is 4.31 Å². The van der Waals surface area contributed by atoms with Gasteiger partial charge in [0.15, 0.2) is 11.2 Å². The van der Waals surface area contributed by atoms with Crippen LogP contribution in [0.1, 0.15) is 0 Å². The molecule has 1 fully saturated rings. The van der Waals surface area contributed by atoms with Crippen LogP contribution in [0.25, 0.3) is 0 Å². The number of ether oxygens (including phenoxy) is 1. The third-order valence-corrected chi connectivity index (χ3v) is 3.22. The van der Waals surface area contributed by atoms with E-state index in [1.807, 2.05) is 6.07 Å². The SMILES string of the molecule is CN(CC#N)S(=O)N1CCOCC1. The average Bonchev–Trinajstić information content (AvgIpc) is 2.18. The van der Waals surface area contributed by atoms with Crippen LogP contribution in [0.15, 0.2) is 0 Å². The number of rotatable bonds is 3. The monoisotopic (exact) mass is 203 g/mol. The highest BCUT2D eigenvalue weighted by atomic mass is 32.2. The van der Waals surface area contributed by atoms with Crippen molar-refractivity contribution < 1.29 is 8.95 Å². The molecule has 1 aliphatic rings. The summed E-state index contributed by atoms with van der Waals surface area (Å²) in [6, 6.07) is 1.96. The van der Waals surface area contributed by atoms with Gasteiger partial charge in [0.2, 0.25) is 0 Å². The summed E-state index contributed by atoms with van der Waals surface area (Å²) in [7, 11) is 1.68. The molecule has 1 atom stereocenters. The molecule has 1 heterocycles. The van der Waals surface area contributed by atoms with Gasteiger partial charge in [0, 0.05) is 20.1 Å². The molecule has 1 saturated heterocycles. The third kappa shape index (κ3) is 3.04. The highest BCUT2D eigenvalue weighted by Gasteiger charge is 2.19. The number of hydrogen-bond acceptors (Lipinski definition) is 3. The Morgan fingerprint density at radius 1 is 1.62 bits per heavy atom. The number of nitriles is 1. The lowest BCUT2D eigenvalue weighted by Crippen LogP contribution is -2.43. The summed E-state index contributed by atoms with van der Waals surface area (Å²) in [4.78, 5) is 0. The highest BCUT2D eigenvalue weighted by molar-refractivity contribution is 7.80. The van der Waals surface area contributed by atoms with Gasteiger partial charge in [-0.15, -0.1) is 0 Å². The summed E-state index contributed by atoms with van der Waals surface area (Å²) in [5, 5.41) is 8.41. The zero-order chi connectivity index (χ0) is 9.68. The first-order valence-corrected chi connectivity index (χ1v) is 5.15. The predicted molar refractivity (Wildman–Crippen MR) is 48.8 cm³/mol. The molecule has 1 rings (SSSR count). The van der Waals surface area contributed by atoms with Crippen LogP contribution in [-0.4, -0.2) is 52.7 Å². The summed E-state index contributed by atoms with van der Waals surface area (Å²) < 4.78 is 20.1. The summed E-state index contributed by atoms with van der Waals surface area (Å²) in [5.74, 6) is 0. The van der Waals surface area contributed by atoms with Crippen molar-refractivity contribution in [2.75, 3.05) is 39.9 Å². The van der Waals surface area contributed by atoms with Gasteiger partial charge in [-0.05, 0) is 0 Å². The van der Waals surface area contributed by atoms with Crippen molar-refractivity contribution in [2.45, 2.75) is 0 Å². The lowest BCUT2D eigenvalue weighted by molar-refractivity contribution is 0.0735. The fourth-order valence-electron chi connectivity index (χ4n) is 1.05. The van der Waals surface area contributed by atoms with Gasteiger partial charge in [0.1, 0.15) is 0 Å². The van der Waals surface area contributed by atoms with Gasteiger partial charge in [-0.2, -0.15) is 5.26 Å². The average molecular weight is 203 g/mol. The first-order chi connectivity index (χ1) is 6.25. The van der Waals surface area contributed by atoms with E-state index in [1.54, 1.807) is 11.4 Å². The van der Waals surface area contributed by atoms with Crippen molar-refractivity contribution >= 4 is 11.2 Å². The van der Waals surface area contributed by atoms with E-state index < -0.39 is 11.2 Å². The maximum Gasteiger partial charge on any atom is 0.173 e. The van der Waals surface area contributed by atoms with Gasteiger partial charge in [-0.25, -0.2) is 12.8 Å². The van der Waals surface area contributed by atoms with E-state index in [2.05, 4.69) is 0 Å². The minimum Gasteiger partial charge on any atom is -0.379 e. The van der Waals surface area contributed by atoms with E-state index in [0.29, 0.717) is 26.3 Å². The Labute approximate surface area is 80.6 Å². The topological polar surface area (TPSA) is 56.6 Å². The van der Waals surface area contributed by atoms with E-state index >= 15 is 0 Å². The van der Waals surface area contributed by atoms with Crippen LogP contribution in [-0.2, 0) is 15.9 Å². The smallest absolute Gasteiger partial charge is 0.173 e. The largest absolute Gasteiger partial charge is 0.379 e. The lowest BCUT2D eigenvalue weighted by atomic mass is 10.5. The van der Waals surface area contributed by atoms with Crippen LogP contribution < -0.4 is 0 Å². The molecule has 1 aliphatic heterocycles. The summed E-state index contributed by atoms with van der Waals surface area (Å²) in [5.41, 5.74) is 0. The molecule has 0 saturated carbocycles. The molecule has 0 bridgehead atoms. The number of morpholine rings is 1. The summed E-state index contributed by atoms with van der Waals surface area (Å²) in [6.45, 7) is 2.76. The first kappa shape index (κ1) is 10.6. The molecule has 0 N–H and O–H groups in total. The fourth-order valence-corrected chi connectivity index (χ4v) is 2.08. The zero-order valence-corrected chi connectivity index (χ0v) is 8.42. The quantitative estimate of drug-likeness (QED) is 0.573. The molecule has 5 nitrogen and oxygen atoms in total. The first-order valence-electron chi connectivity index (χ1n) is 4.08. The minimum atomic E-state index is -1.19. The molecule has 0 aromatic carbocycles. The maximum atomic E-state index is 11.6. The Kier molecular flexibility index (Phi) is 4.32. The van der Waals surface area contributed by atoms with Crippen molar-refractivity contribution in [2.24, 2.45) is 0 Å². The number of hydrogen-bond donors (Lipinski definition) is 0. The second kappa shape index (κ2) is 5.29. The second-order valence-corrected chi connectivity index (χ2v) is 4.32. The third-order valence-electron chi connectivity index (χ3n) is 1.75. The highest BCUT2D eigenvalue weighted by Crippen LogP contribution is 2.03. The predicted octanol–water partition coefficient (Wildman–Crippen LogP) is -0.647. The van der Waals surface area contributed by atoms with Crippen LogP contribution in [0.5, 0.6) is 0 Å². The Morgan fingerprint density at radius 2 is 2.23 bits per heavy atom. The Hall–Kier alpha value is -0.480. The zero-order valence-electron chi connectivity index (χ0n) is 7.60. The second-order valence-electron chi connectivity index (χ2n) is 2.72. The van der Waals surface area contributed by atoms with Gasteiger partial charge in [0.05, 0.1) is 25.8 Å². The van der Waals surface area contributed by atoms with Crippen molar-refractivity contribution in [3.63, 3.8) is 0 Å². The molecular weight excluding hydrogens is 190 g/mol. The van der Waals surface area contributed by atoms with Crippen molar-refractivity contribution in [1.82, 2.24) is 8.61 Å². The van der Waals surface area contributed by atoms with E-state index in [4.69, 9.17) is 10.00 Å². The minimum absolute atomic E-state index is 0.184.